The highest BCUT2D eigenvalue weighted by Crippen LogP contribution is 2.08. The Morgan fingerprint density at radius 3 is 3.08 bits per heavy atom. The molecule has 0 saturated heterocycles. The lowest BCUT2D eigenvalue weighted by atomic mass is 10.4. The van der Waals surface area contributed by atoms with Crippen molar-refractivity contribution in [2.75, 3.05) is 6.61 Å². The fourth-order valence-corrected chi connectivity index (χ4v) is 1.03. The zero-order valence-corrected chi connectivity index (χ0v) is 7.84. The molecule has 0 unspecified atom stereocenters. The predicted octanol–water partition coefficient (Wildman–Crippen LogP) is 2.66. The van der Waals surface area contributed by atoms with Crippen LogP contribution >= 0.6 is 11.6 Å². The van der Waals surface area contributed by atoms with Crippen molar-refractivity contribution in [2.45, 2.75) is 20.0 Å². The molecule has 0 aliphatic carbocycles. The summed E-state index contributed by atoms with van der Waals surface area (Å²) in [6, 6.07) is 3.57. The molecular formula is C9H12ClNO. The standard InChI is InChI=1S/C9H12ClNO/c1-2-5-12-7-9-6-8(10)3-4-11-9/h3-4,6H,2,5,7H2,1H3. The van der Waals surface area contributed by atoms with E-state index in [1.807, 2.05) is 6.07 Å². The molecule has 0 atom stereocenters. The van der Waals surface area contributed by atoms with Gasteiger partial charge in [0.2, 0.25) is 0 Å². The van der Waals surface area contributed by atoms with E-state index in [4.69, 9.17) is 16.3 Å². The minimum Gasteiger partial charge on any atom is -0.375 e. The monoisotopic (exact) mass is 185 g/mol. The Hall–Kier alpha value is -0.600. The van der Waals surface area contributed by atoms with Crippen LogP contribution in [0.15, 0.2) is 18.3 Å². The van der Waals surface area contributed by atoms with Crippen molar-refractivity contribution in [3.63, 3.8) is 0 Å². The molecule has 0 bridgehead atoms. The van der Waals surface area contributed by atoms with Crippen LogP contribution in [0.4, 0.5) is 0 Å². The highest BCUT2D eigenvalue weighted by molar-refractivity contribution is 6.30. The number of hydrogen-bond donors (Lipinski definition) is 0. The van der Waals surface area contributed by atoms with Gasteiger partial charge in [0.15, 0.2) is 0 Å². The molecular weight excluding hydrogens is 174 g/mol. The Bertz CT molecular complexity index is 240. The normalized spacial score (nSPS) is 10.2. The average Bonchev–Trinajstić information content (AvgIpc) is 2.05. The Balaban J connectivity index is 2.41. The van der Waals surface area contributed by atoms with Gasteiger partial charge in [-0.05, 0) is 18.6 Å². The first-order valence-electron chi connectivity index (χ1n) is 4.01. The van der Waals surface area contributed by atoms with Gasteiger partial charge in [-0.3, -0.25) is 4.98 Å². The largest absolute Gasteiger partial charge is 0.375 e. The van der Waals surface area contributed by atoms with Crippen LogP contribution < -0.4 is 0 Å². The Morgan fingerprint density at radius 1 is 1.58 bits per heavy atom. The smallest absolute Gasteiger partial charge is 0.0888 e. The Kier molecular flexibility index (Phi) is 4.05. The molecule has 66 valence electrons. The first-order valence-corrected chi connectivity index (χ1v) is 4.39. The maximum Gasteiger partial charge on any atom is 0.0888 e. The summed E-state index contributed by atoms with van der Waals surface area (Å²) >= 11 is 5.76. The minimum absolute atomic E-state index is 0.550. The van der Waals surface area contributed by atoms with Crippen molar-refractivity contribution in [3.05, 3.63) is 29.0 Å². The van der Waals surface area contributed by atoms with Gasteiger partial charge in [-0.2, -0.15) is 0 Å². The molecule has 3 heteroatoms. The zero-order chi connectivity index (χ0) is 8.81. The first-order chi connectivity index (χ1) is 5.83. The molecule has 0 spiro atoms. The van der Waals surface area contributed by atoms with E-state index >= 15 is 0 Å². The molecule has 1 aromatic heterocycles. The number of ether oxygens (including phenoxy) is 1. The van der Waals surface area contributed by atoms with Gasteiger partial charge < -0.3 is 4.74 Å². The third-order valence-electron chi connectivity index (χ3n) is 1.38. The van der Waals surface area contributed by atoms with Crippen LogP contribution in [-0.2, 0) is 11.3 Å². The molecule has 0 fully saturated rings. The summed E-state index contributed by atoms with van der Waals surface area (Å²) in [6.07, 6.45) is 2.72. The van der Waals surface area contributed by atoms with E-state index in [0.29, 0.717) is 11.6 Å². The molecule has 0 amide bonds. The highest BCUT2D eigenvalue weighted by Gasteiger charge is 1.94. The van der Waals surface area contributed by atoms with Crippen molar-refractivity contribution in [3.8, 4) is 0 Å². The molecule has 1 rings (SSSR count). The van der Waals surface area contributed by atoms with Crippen molar-refractivity contribution >= 4 is 11.6 Å². The molecule has 1 aromatic rings. The summed E-state index contributed by atoms with van der Waals surface area (Å²) < 4.78 is 5.30. The lowest BCUT2D eigenvalue weighted by Gasteiger charge is -2.01. The van der Waals surface area contributed by atoms with Gasteiger partial charge in [-0.25, -0.2) is 0 Å². The first kappa shape index (κ1) is 9.49. The van der Waals surface area contributed by atoms with E-state index in [1.165, 1.54) is 0 Å². The lowest BCUT2D eigenvalue weighted by Crippen LogP contribution is -1.95. The van der Waals surface area contributed by atoms with Gasteiger partial charge in [0.25, 0.3) is 0 Å². The molecule has 1 heterocycles. The number of halogens is 1. The van der Waals surface area contributed by atoms with E-state index in [1.54, 1.807) is 12.3 Å². The number of nitrogens with zero attached hydrogens (tertiary/aromatic N) is 1. The molecule has 2 nitrogen and oxygen atoms in total. The highest BCUT2D eigenvalue weighted by atomic mass is 35.5. The summed E-state index contributed by atoms with van der Waals surface area (Å²) in [5.74, 6) is 0. The fourth-order valence-electron chi connectivity index (χ4n) is 0.849. The van der Waals surface area contributed by atoms with E-state index < -0.39 is 0 Å². The van der Waals surface area contributed by atoms with Crippen LogP contribution in [-0.4, -0.2) is 11.6 Å². The average molecular weight is 186 g/mol. The molecule has 0 aliphatic rings. The number of hydrogen-bond acceptors (Lipinski definition) is 2. The number of aromatic nitrogens is 1. The Morgan fingerprint density at radius 2 is 2.42 bits per heavy atom. The number of rotatable bonds is 4. The van der Waals surface area contributed by atoms with Gasteiger partial charge in [0, 0.05) is 17.8 Å². The van der Waals surface area contributed by atoms with Crippen molar-refractivity contribution < 1.29 is 4.74 Å². The summed E-state index contributed by atoms with van der Waals surface area (Å²) in [4.78, 5) is 4.10. The third kappa shape index (κ3) is 3.20. The summed E-state index contributed by atoms with van der Waals surface area (Å²) in [5, 5.41) is 0.708. The van der Waals surface area contributed by atoms with E-state index in [2.05, 4.69) is 11.9 Å². The van der Waals surface area contributed by atoms with E-state index in [9.17, 15) is 0 Å². The van der Waals surface area contributed by atoms with Crippen LogP contribution in [0.3, 0.4) is 0 Å². The van der Waals surface area contributed by atoms with Crippen molar-refractivity contribution in [2.24, 2.45) is 0 Å². The zero-order valence-electron chi connectivity index (χ0n) is 7.09. The second-order valence-electron chi connectivity index (χ2n) is 2.52. The third-order valence-corrected chi connectivity index (χ3v) is 1.61. The molecule has 0 saturated carbocycles. The van der Waals surface area contributed by atoms with Crippen LogP contribution in [0.5, 0.6) is 0 Å². The second kappa shape index (κ2) is 5.12. The SMILES string of the molecule is CCCOCc1cc(Cl)ccn1. The van der Waals surface area contributed by atoms with Gasteiger partial charge in [0.1, 0.15) is 0 Å². The minimum atomic E-state index is 0.550. The molecule has 0 radical (unpaired) electrons. The topological polar surface area (TPSA) is 22.1 Å². The summed E-state index contributed by atoms with van der Waals surface area (Å²) in [7, 11) is 0. The number of pyridine rings is 1. The summed E-state index contributed by atoms with van der Waals surface area (Å²) in [6.45, 7) is 3.40. The van der Waals surface area contributed by atoms with Crippen molar-refractivity contribution in [1.82, 2.24) is 4.98 Å². The maximum absolute atomic E-state index is 5.76. The van der Waals surface area contributed by atoms with Crippen LogP contribution in [0, 0.1) is 0 Å². The van der Waals surface area contributed by atoms with Crippen LogP contribution in [0.1, 0.15) is 19.0 Å². The van der Waals surface area contributed by atoms with Gasteiger partial charge >= 0.3 is 0 Å². The van der Waals surface area contributed by atoms with Crippen LogP contribution in [0.25, 0.3) is 0 Å². The summed E-state index contributed by atoms with van der Waals surface area (Å²) in [5.41, 5.74) is 0.885. The maximum atomic E-state index is 5.76. The molecule has 0 aliphatic heterocycles. The van der Waals surface area contributed by atoms with Crippen molar-refractivity contribution in [1.29, 1.82) is 0 Å². The predicted molar refractivity (Wildman–Crippen MR) is 49.2 cm³/mol. The van der Waals surface area contributed by atoms with E-state index in [0.717, 1.165) is 18.7 Å². The quantitative estimate of drug-likeness (QED) is 0.673. The molecule has 0 N–H and O–H groups in total. The fraction of sp³-hybridized carbons (Fsp3) is 0.444. The van der Waals surface area contributed by atoms with Gasteiger partial charge in [-0.15, -0.1) is 0 Å². The second-order valence-corrected chi connectivity index (χ2v) is 2.95. The van der Waals surface area contributed by atoms with Gasteiger partial charge in [0.05, 0.1) is 12.3 Å². The molecule has 12 heavy (non-hydrogen) atoms. The van der Waals surface area contributed by atoms with E-state index in [-0.39, 0.29) is 0 Å². The van der Waals surface area contributed by atoms with Crippen LogP contribution in [0.2, 0.25) is 5.02 Å². The molecule has 0 aromatic carbocycles. The lowest BCUT2D eigenvalue weighted by molar-refractivity contribution is 0.119. The Labute approximate surface area is 77.5 Å². The van der Waals surface area contributed by atoms with Gasteiger partial charge in [-0.1, -0.05) is 18.5 Å².